The van der Waals surface area contributed by atoms with E-state index in [9.17, 15) is 0 Å². The van der Waals surface area contributed by atoms with E-state index < -0.39 is 0 Å². The summed E-state index contributed by atoms with van der Waals surface area (Å²) in [5.41, 5.74) is 0. The summed E-state index contributed by atoms with van der Waals surface area (Å²) in [6.45, 7) is 10.2. The third kappa shape index (κ3) is 8.26. The second kappa shape index (κ2) is 8.52. The maximum absolute atomic E-state index is 5.58. The molecule has 0 amide bonds. The molecule has 0 saturated heterocycles. The van der Waals surface area contributed by atoms with Gasteiger partial charge in [-0.15, -0.1) is 0 Å². The van der Waals surface area contributed by atoms with E-state index in [1.54, 1.807) is 0 Å². The number of hydrogen-bond acceptors (Lipinski definition) is 2. The van der Waals surface area contributed by atoms with Crippen LogP contribution in [-0.2, 0) is 9.47 Å². The Kier molecular flexibility index (Phi) is 8.46. The third-order valence-corrected chi connectivity index (χ3v) is 1.84. The van der Waals surface area contributed by atoms with E-state index in [2.05, 4.69) is 27.7 Å². The van der Waals surface area contributed by atoms with E-state index >= 15 is 0 Å². The molecule has 0 spiro atoms. The van der Waals surface area contributed by atoms with Crippen molar-refractivity contribution in [1.29, 1.82) is 0 Å². The lowest BCUT2D eigenvalue weighted by Gasteiger charge is -2.17. The van der Waals surface area contributed by atoms with E-state index in [-0.39, 0.29) is 6.29 Å². The van der Waals surface area contributed by atoms with Gasteiger partial charge in [-0.05, 0) is 25.2 Å². The Morgan fingerprint density at radius 2 is 1.62 bits per heavy atom. The van der Waals surface area contributed by atoms with Crippen LogP contribution in [0.2, 0.25) is 0 Å². The van der Waals surface area contributed by atoms with Crippen molar-refractivity contribution in [3.8, 4) is 0 Å². The van der Waals surface area contributed by atoms with Crippen LogP contribution in [0.4, 0.5) is 0 Å². The third-order valence-electron chi connectivity index (χ3n) is 1.84. The van der Waals surface area contributed by atoms with Crippen LogP contribution in [0.15, 0.2) is 0 Å². The fraction of sp³-hybridized carbons (Fsp3) is 1.00. The summed E-state index contributed by atoms with van der Waals surface area (Å²) in [7, 11) is 0. The summed E-state index contributed by atoms with van der Waals surface area (Å²) in [4.78, 5) is 0. The lowest BCUT2D eigenvalue weighted by molar-refractivity contribution is -0.145. The molecule has 0 heterocycles. The zero-order chi connectivity index (χ0) is 10.1. The standard InChI is InChI=1S/C11H24O2/c1-5-8-12-11(6-2)13-9-7-10(3)4/h10-11H,5-9H2,1-4H3. The molecule has 0 aromatic heterocycles. The molecule has 13 heavy (non-hydrogen) atoms. The number of hydrogen-bond donors (Lipinski definition) is 0. The molecule has 0 bridgehead atoms. The summed E-state index contributed by atoms with van der Waals surface area (Å²) >= 11 is 0. The van der Waals surface area contributed by atoms with Gasteiger partial charge in [-0.2, -0.15) is 0 Å². The Bertz CT molecular complexity index is 102. The Morgan fingerprint density at radius 3 is 2.08 bits per heavy atom. The highest BCUT2D eigenvalue weighted by molar-refractivity contribution is 4.45. The zero-order valence-corrected chi connectivity index (χ0v) is 9.51. The van der Waals surface area contributed by atoms with Crippen molar-refractivity contribution in [2.24, 2.45) is 5.92 Å². The Balaban J connectivity index is 3.36. The summed E-state index contributed by atoms with van der Waals surface area (Å²) in [6, 6.07) is 0. The highest BCUT2D eigenvalue weighted by Gasteiger charge is 2.05. The normalized spacial score (nSPS) is 13.6. The van der Waals surface area contributed by atoms with Gasteiger partial charge in [0.25, 0.3) is 0 Å². The average molecular weight is 188 g/mol. The maximum Gasteiger partial charge on any atom is 0.157 e. The minimum atomic E-state index is 0.0127. The molecule has 0 fully saturated rings. The van der Waals surface area contributed by atoms with Crippen LogP contribution in [0, 0.1) is 5.92 Å². The molecule has 80 valence electrons. The largest absolute Gasteiger partial charge is 0.353 e. The summed E-state index contributed by atoms with van der Waals surface area (Å²) in [5.74, 6) is 0.712. The second-order valence-electron chi connectivity index (χ2n) is 3.76. The van der Waals surface area contributed by atoms with Gasteiger partial charge in [0.05, 0.1) is 0 Å². The van der Waals surface area contributed by atoms with Crippen LogP contribution in [0.5, 0.6) is 0 Å². The lowest BCUT2D eigenvalue weighted by atomic mass is 10.1. The van der Waals surface area contributed by atoms with Gasteiger partial charge in [0.15, 0.2) is 6.29 Å². The van der Waals surface area contributed by atoms with Crippen molar-refractivity contribution < 1.29 is 9.47 Å². The summed E-state index contributed by atoms with van der Waals surface area (Å²) < 4.78 is 11.1. The van der Waals surface area contributed by atoms with Crippen molar-refractivity contribution in [1.82, 2.24) is 0 Å². The molecule has 0 N–H and O–H groups in total. The second-order valence-corrected chi connectivity index (χ2v) is 3.76. The SMILES string of the molecule is CCCOC(CC)OCCC(C)C. The van der Waals surface area contributed by atoms with Crippen LogP contribution in [0.1, 0.15) is 47.0 Å². The molecule has 0 aromatic carbocycles. The van der Waals surface area contributed by atoms with Gasteiger partial charge in [0.1, 0.15) is 0 Å². The van der Waals surface area contributed by atoms with Gasteiger partial charge in [0.2, 0.25) is 0 Å². The lowest BCUT2D eigenvalue weighted by Crippen LogP contribution is -2.18. The first-order valence-corrected chi connectivity index (χ1v) is 5.43. The van der Waals surface area contributed by atoms with Gasteiger partial charge >= 0.3 is 0 Å². The molecule has 0 aliphatic carbocycles. The van der Waals surface area contributed by atoms with E-state index in [0.29, 0.717) is 5.92 Å². The van der Waals surface area contributed by atoms with Crippen LogP contribution >= 0.6 is 0 Å². The topological polar surface area (TPSA) is 18.5 Å². The summed E-state index contributed by atoms with van der Waals surface area (Å²) in [5, 5.41) is 0. The van der Waals surface area contributed by atoms with E-state index in [1.807, 2.05) is 0 Å². The monoisotopic (exact) mass is 188 g/mol. The molecule has 1 atom stereocenters. The molecule has 0 radical (unpaired) electrons. The quantitative estimate of drug-likeness (QED) is 0.544. The Hall–Kier alpha value is -0.0800. The number of ether oxygens (including phenoxy) is 2. The van der Waals surface area contributed by atoms with Gasteiger partial charge in [-0.25, -0.2) is 0 Å². The molecular formula is C11H24O2. The van der Waals surface area contributed by atoms with Crippen molar-refractivity contribution in [3.05, 3.63) is 0 Å². The predicted octanol–water partition coefficient (Wildman–Crippen LogP) is 3.21. The molecule has 0 aliphatic heterocycles. The molecular weight excluding hydrogens is 164 g/mol. The van der Waals surface area contributed by atoms with Gasteiger partial charge in [-0.3, -0.25) is 0 Å². The average Bonchev–Trinajstić information content (AvgIpc) is 2.10. The fourth-order valence-corrected chi connectivity index (χ4v) is 0.968. The van der Waals surface area contributed by atoms with Crippen molar-refractivity contribution in [3.63, 3.8) is 0 Å². The van der Waals surface area contributed by atoms with Gasteiger partial charge < -0.3 is 9.47 Å². The van der Waals surface area contributed by atoms with E-state index in [0.717, 1.165) is 32.5 Å². The van der Waals surface area contributed by atoms with Crippen LogP contribution in [0.3, 0.4) is 0 Å². The minimum Gasteiger partial charge on any atom is -0.353 e. The number of rotatable bonds is 8. The van der Waals surface area contributed by atoms with Crippen LogP contribution in [-0.4, -0.2) is 19.5 Å². The fourth-order valence-electron chi connectivity index (χ4n) is 0.968. The minimum absolute atomic E-state index is 0.0127. The van der Waals surface area contributed by atoms with E-state index in [1.165, 1.54) is 0 Å². The highest BCUT2D eigenvalue weighted by Crippen LogP contribution is 2.05. The van der Waals surface area contributed by atoms with Crippen LogP contribution < -0.4 is 0 Å². The van der Waals surface area contributed by atoms with Crippen molar-refractivity contribution in [2.45, 2.75) is 53.2 Å². The van der Waals surface area contributed by atoms with Crippen molar-refractivity contribution >= 4 is 0 Å². The van der Waals surface area contributed by atoms with Gasteiger partial charge in [0, 0.05) is 13.2 Å². The van der Waals surface area contributed by atoms with Gasteiger partial charge in [-0.1, -0.05) is 27.7 Å². The first-order valence-electron chi connectivity index (χ1n) is 5.43. The highest BCUT2D eigenvalue weighted by atomic mass is 16.7. The first kappa shape index (κ1) is 12.9. The Labute approximate surface area is 82.6 Å². The molecule has 0 aliphatic rings. The Morgan fingerprint density at radius 1 is 1.00 bits per heavy atom. The predicted molar refractivity (Wildman–Crippen MR) is 55.7 cm³/mol. The van der Waals surface area contributed by atoms with Crippen LogP contribution in [0.25, 0.3) is 0 Å². The molecule has 0 saturated carbocycles. The van der Waals surface area contributed by atoms with Crippen molar-refractivity contribution in [2.75, 3.05) is 13.2 Å². The van der Waals surface area contributed by atoms with E-state index in [4.69, 9.17) is 9.47 Å². The summed E-state index contributed by atoms with van der Waals surface area (Å²) in [6.07, 6.45) is 3.13. The molecule has 1 unspecified atom stereocenters. The first-order chi connectivity index (χ1) is 6.20. The molecule has 2 heteroatoms. The zero-order valence-electron chi connectivity index (χ0n) is 9.51. The smallest absolute Gasteiger partial charge is 0.157 e. The molecule has 2 nitrogen and oxygen atoms in total. The maximum atomic E-state index is 5.58. The molecule has 0 aromatic rings. The molecule has 0 rings (SSSR count).